The lowest BCUT2D eigenvalue weighted by Crippen LogP contribution is -2.48. The Morgan fingerprint density at radius 2 is 1.84 bits per heavy atom. The van der Waals surface area contributed by atoms with Crippen LogP contribution in [0.3, 0.4) is 0 Å². The minimum atomic E-state index is -0.236. The van der Waals surface area contributed by atoms with E-state index in [2.05, 4.69) is 5.32 Å². The third kappa shape index (κ3) is 3.37. The van der Waals surface area contributed by atoms with Crippen molar-refractivity contribution in [2.24, 2.45) is 0 Å². The summed E-state index contributed by atoms with van der Waals surface area (Å²) < 4.78 is 19.3. The van der Waals surface area contributed by atoms with Crippen LogP contribution >= 0.6 is 0 Å². The van der Waals surface area contributed by atoms with E-state index in [-0.39, 0.29) is 30.0 Å². The Hall–Kier alpha value is -1.66. The molecule has 136 valence electrons. The number of hydrogen-bond donors (Lipinski definition) is 1. The van der Waals surface area contributed by atoms with E-state index in [1.807, 2.05) is 15.9 Å². The maximum Gasteiger partial charge on any atom is 0.321 e. The predicted molar refractivity (Wildman–Crippen MR) is 92.8 cm³/mol. The van der Waals surface area contributed by atoms with Crippen LogP contribution in [0.15, 0.2) is 24.3 Å². The number of carbonyl (C=O) groups is 1. The largest absolute Gasteiger partial charge is 0.381 e. The summed E-state index contributed by atoms with van der Waals surface area (Å²) in [5, 5.41) is 3.36. The molecule has 0 aliphatic carbocycles. The SMILES string of the molecule is O=C1N(C2CCOCC2)C[C@@H](c2cccc(F)c2)N1C1CCNCC1. The van der Waals surface area contributed by atoms with Crippen LogP contribution in [0, 0.1) is 5.82 Å². The number of nitrogens with zero attached hydrogens (tertiary/aromatic N) is 2. The van der Waals surface area contributed by atoms with Gasteiger partial charge in [-0.2, -0.15) is 0 Å². The van der Waals surface area contributed by atoms with Crippen molar-refractivity contribution in [3.8, 4) is 0 Å². The van der Waals surface area contributed by atoms with E-state index in [4.69, 9.17) is 4.74 Å². The Kier molecular flexibility index (Phi) is 4.90. The second kappa shape index (κ2) is 7.30. The Bertz CT molecular complexity index is 614. The number of nitrogens with one attached hydrogen (secondary N) is 1. The first-order valence-corrected chi connectivity index (χ1v) is 9.37. The number of rotatable bonds is 3. The zero-order chi connectivity index (χ0) is 17.2. The normalized spacial score (nSPS) is 26.4. The van der Waals surface area contributed by atoms with Crippen LogP contribution in [0.25, 0.3) is 0 Å². The van der Waals surface area contributed by atoms with Crippen molar-refractivity contribution in [2.75, 3.05) is 32.8 Å². The lowest BCUT2D eigenvalue weighted by atomic mass is 10.00. The average molecular weight is 347 g/mol. The first-order valence-electron chi connectivity index (χ1n) is 9.37. The van der Waals surface area contributed by atoms with Crippen molar-refractivity contribution in [1.82, 2.24) is 15.1 Å². The Morgan fingerprint density at radius 3 is 2.56 bits per heavy atom. The zero-order valence-electron chi connectivity index (χ0n) is 14.5. The van der Waals surface area contributed by atoms with Gasteiger partial charge in [0.15, 0.2) is 0 Å². The van der Waals surface area contributed by atoms with Gasteiger partial charge in [0.05, 0.1) is 6.04 Å². The molecule has 0 radical (unpaired) electrons. The van der Waals surface area contributed by atoms with Gasteiger partial charge in [-0.25, -0.2) is 9.18 Å². The van der Waals surface area contributed by atoms with E-state index >= 15 is 0 Å². The molecule has 3 aliphatic rings. The van der Waals surface area contributed by atoms with Crippen molar-refractivity contribution in [3.63, 3.8) is 0 Å². The van der Waals surface area contributed by atoms with Gasteiger partial charge in [-0.15, -0.1) is 0 Å². The van der Waals surface area contributed by atoms with Crippen LogP contribution in [0.5, 0.6) is 0 Å². The van der Waals surface area contributed by atoms with Crippen molar-refractivity contribution >= 4 is 6.03 Å². The summed E-state index contributed by atoms with van der Waals surface area (Å²) in [4.78, 5) is 17.3. The second-order valence-electron chi connectivity index (χ2n) is 7.24. The quantitative estimate of drug-likeness (QED) is 0.914. The fraction of sp³-hybridized carbons (Fsp3) is 0.632. The van der Waals surface area contributed by atoms with E-state index in [1.165, 1.54) is 6.07 Å². The summed E-state index contributed by atoms with van der Waals surface area (Å²) in [6.45, 7) is 3.94. The molecule has 0 unspecified atom stereocenters. The molecule has 3 saturated heterocycles. The zero-order valence-corrected chi connectivity index (χ0v) is 14.5. The molecular weight excluding hydrogens is 321 g/mol. The van der Waals surface area contributed by atoms with Crippen LogP contribution < -0.4 is 5.32 Å². The van der Waals surface area contributed by atoms with E-state index in [0.29, 0.717) is 19.8 Å². The Morgan fingerprint density at radius 1 is 1.08 bits per heavy atom. The van der Waals surface area contributed by atoms with Gasteiger partial charge in [-0.05, 0) is 56.5 Å². The fourth-order valence-corrected chi connectivity index (χ4v) is 4.41. The van der Waals surface area contributed by atoms with Gasteiger partial charge in [0, 0.05) is 31.8 Å². The van der Waals surface area contributed by atoms with Gasteiger partial charge < -0.3 is 19.9 Å². The summed E-state index contributed by atoms with van der Waals surface area (Å²) in [6, 6.07) is 7.26. The molecule has 0 aromatic heterocycles. The molecule has 0 bridgehead atoms. The van der Waals surface area contributed by atoms with Crippen LogP contribution in [-0.4, -0.2) is 60.8 Å². The molecule has 2 amide bonds. The minimum absolute atomic E-state index is 0.0610. The molecule has 1 aromatic rings. The molecule has 6 heteroatoms. The van der Waals surface area contributed by atoms with Gasteiger partial charge >= 0.3 is 6.03 Å². The number of piperidine rings is 1. The first kappa shape index (κ1) is 16.8. The molecule has 25 heavy (non-hydrogen) atoms. The second-order valence-corrected chi connectivity index (χ2v) is 7.24. The van der Waals surface area contributed by atoms with Crippen molar-refractivity contribution < 1.29 is 13.9 Å². The molecule has 1 N–H and O–H groups in total. The summed E-state index contributed by atoms with van der Waals surface area (Å²) in [5.41, 5.74) is 0.904. The molecule has 4 rings (SSSR count). The average Bonchev–Trinajstić information content (AvgIpc) is 3.00. The third-order valence-corrected chi connectivity index (χ3v) is 5.74. The number of urea groups is 1. The summed E-state index contributed by atoms with van der Waals surface area (Å²) in [5.74, 6) is -0.236. The smallest absolute Gasteiger partial charge is 0.321 e. The van der Waals surface area contributed by atoms with Gasteiger partial charge in [0.2, 0.25) is 0 Å². The molecule has 1 atom stereocenters. The molecular formula is C19H26FN3O2. The number of carbonyl (C=O) groups excluding carboxylic acids is 1. The highest BCUT2D eigenvalue weighted by Gasteiger charge is 2.44. The molecule has 0 spiro atoms. The minimum Gasteiger partial charge on any atom is -0.381 e. The van der Waals surface area contributed by atoms with Gasteiger partial charge in [0.1, 0.15) is 5.82 Å². The van der Waals surface area contributed by atoms with Gasteiger partial charge in [-0.1, -0.05) is 12.1 Å². The summed E-state index contributed by atoms with van der Waals surface area (Å²) >= 11 is 0. The van der Waals surface area contributed by atoms with Crippen LogP contribution in [0.2, 0.25) is 0 Å². The summed E-state index contributed by atoms with van der Waals surface area (Å²) in [7, 11) is 0. The van der Waals surface area contributed by atoms with Crippen LogP contribution in [-0.2, 0) is 4.74 Å². The summed E-state index contributed by atoms with van der Waals surface area (Å²) in [6.07, 6.45) is 3.70. The number of hydrogen-bond acceptors (Lipinski definition) is 3. The Labute approximate surface area is 148 Å². The molecule has 3 aliphatic heterocycles. The highest BCUT2D eigenvalue weighted by atomic mass is 19.1. The fourth-order valence-electron chi connectivity index (χ4n) is 4.41. The van der Waals surface area contributed by atoms with Crippen molar-refractivity contribution in [3.05, 3.63) is 35.6 Å². The topological polar surface area (TPSA) is 44.8 Å². The van der Waals surface area contributed by atoms with E-state index in [9.17, 15) is 9.18 Å². The van der Waals surface area contributed by atoms with E-state index in [0.717, 1.165) is 44.3 Å². The molecule has 3 fully saturated rings. The lowest BCUT2D eigenvalue weighted by molar-refractivity contribution is 0.0498. The molecule has 5 nitrogen and oxygen atoms in total. The standard InChI is InChI=1S/C19H26FN3O2/c20-15-3-1-2-14(12-15)18-13-22(16-6-10-25-11-7-16)19(24)23(18)17-4-8-21-9-5-17/h1-3,12,16-18,21H,4-11,13H2/t18-/m0/s1. The highest BCUT2D eigenvalue weighted by molar-refractivity contribution is 5.78. The molecule has 1 aromatic carbocycles. The predicted octanol–water partition coefficient (Wildman–Crippen LogP) is 2.54. The van der Waals surface area contributed by atoms with E-state index < -0.39 is 0 Å². The number of halogens is 1. The van der Waals surface area contributed by atoms with Crippen molar-refractivity contribution in [2.45, 2.75) is 43.8 Å². The molecule has 0 saturated carbocycles. The van der Waals surface area contributed by atoms with Crippen LogP contribution in [0.4, 0.5) is 9.18 Å². The monoisotopic (exact) mass is 347 g/mol. The maximum absolute atomic E-state index is 13.8. The van der Waals surface area contributed by atoms with Gasteiger partial charge in [0.25, 0.3) is 0 Å². The molecule has 3 heterocycles. The number of benzene rings is 1. The lowest BCUT2D eigenvalue weighted by Gasteiger charge is -2.36. The first-order chi connectivity index (χ1) is 12.2. The number of amides is 2. The van der Waals surface area contributed by atoms with Crippen molar-refractivity contribution in [1.29, 1.82) is 0 Å². The highest BCUT2D eigenvalue weighted by Crippen LogP contribution is 2.36. The Balaban J connectivity index is 1.62. The van der Waals surface area contributed by atoms with Crippen LogP contribution in [0.1, 0.15) is 37.3 Å². The number of ether oxygens (including phenoxy) is 1. The van der Waals surface area contributed by atoms with Gasteiger partial charge in [-0.3, -0.25) is 0 Å². The van der Waals surface area contributed by atoms with E-state index in [1.54, 1.807) is 12.1 Å². The third-order valence-electron chi connectivity index (χ3n) is 5.74. The maximum atomic E-state index is 13.8.